The van der Waals surface area contributed by atoms with Crippen molar-refractivity contribution in [2.24, 2.45) is 0 Å². The van der Waals surface area contributed by atoms with Crippen LogP contribution in [0.3, 0.4) is 0 Å². The molecule has 0 saturated carbocycles. The zero-order valence-corrected chi connectivity index (χ0v) is 16.2. The number of nitro benzene ring substituents is 1. The van der Waals surface area contributed by atoms with Gasteiger partial charge in [0.15, 0.2) is 17.7 Å². The zero-order chi connectivity index (χ0) is 22.1. The van der Waals surface area contributed by atoms with Crippen LogP contribution in [-0.4, -0.2) is 71.2 Å². The smallest absolute Gasteiger partial charge is 0.269 e. The van der Waals surface area contributed by atoms with E-state index in [2.05, 4.69) is 20.3 Å². The summed E-state index contributed by atoms with van der Waals surface area (Å²) in [6, 6.07) is 6.23. The van der Waals surface area contributed by atoms with E-state index in [1.807, 2.05) is 0 Å². The molecule has 164 valence electrons. The van der Waals surface area contributed by atoms with E-state index >= 15 is 0 Å². The molecule has 2 aromatic heterocycles. The Morgan fingerprint density at radius 1 is 1.23 bits per heavy atom. The second-order valence-electron chi connectivity index (χ2n) is 7.09. The Hall–Kier alpha value is -3.39. The van der Waals surface area contributed by atoms with Gasteiger partial charge in [0, 0.05) is 18.7 Å². The van der Waals surface area contributed by atoms with Crippen LogP contribution >= 0.6 is 0 Å². The molecule has 1 aliphatic heterocycles. The first-order valence-corrected chi connectivity index (χ1v) is 9.48. The van der Waals surface area contributed by atoms with Gasteiger partial charge in [0.1, 0.15) is 23.8 Å². The van der Waals surface area contributed by atoms with Gasteiger partial charge in [-0.3, -0.25) is 14.7 Å². The summed E-state index contributed by atoms with van der Waals surface area (Å²) in [5.41, 5.74) is 7.50. The van der Waals surface area contributed by atoms with Gasteiger partial charge in [-0.15, -0.1) is 0 Å². The van der Waals surface area contributed by atoms with E-state index in [1.54, 1.807) is 12.1 Å². The Labute approximate surface area is 175 Å². The van der Waals surface area contributed by atoms with Crippen molar-refractivity contribution < 1.29 is 25.0 Å². The van der Waals surface area contributed by atoms with Crippen molar-refractivity contribution in [2.45, 2.75) is 31.0 Å². The number of aliphatic hydroxyl groups is 3. The quantitative estimate of drug-likeness (QED) is 0.241. The number of aliphatic hydroxyl groups excluding tert-OH is 3. The second kappa shape index (κ2) is 8.39. The molecule has 1 saturated heterocycles. The van der Waals surface area contributed by atoms with Gasteiger partial charge in [-0.2, -0.15) is 9.97 Å². The molecule has 0 aliphatic carbocycles. The first-order valence-electron chi connectivity index (χ1n) is 9.48. The molecule has 4 rings (SSSR count). The highest BCUT2D eigenvalue weighted by Gasteiger charge is 2.44. The summed E-state index contributed by atoms with van der Waals surface area (Å²) in [5, 5.41) is 43.4. The number of hydrogen-bond donors (Lipinski definition) is 5. The van der Waals surface area contributed by atoms with E-state index in [9.17, 15) is 25.4 Å². The van der Waals surface area contributed by atoms with Gasteiger partial charge >= 0.3 is 0 Å². The number of fused-ring (bicyclic) bond motifs is 1. The number of nitrogens with two attached hydrogens (primary N) is 1. The average Bonchev–Trinajstić information content (AvgIpc) is 3.30. The monoisotopic (exact) mass is 431 g/mol. The van der Waals surface area contributed by atoms with Gasteiger partial charge in [-0.1, -0.05) is 12.1 Å². The number of ether oxygens (including phenoxy) is 1. The van der Waals surface area contributed by atoms with E-state index in [0.717, 1.165) is 5.56 Å². The predicted octanol–water partition coefficient (Wildman–Crippen LogP) is -0.417. The second-order valence-corrected chi connectivity index (χ2v) is 7.09. The molecule has 0 spiro atoms. The van der Waals surface area contributed by atoms with Crippen molar-refractivity contribution >= 4 is 28.6 Å². The van der Waals surface area contributed by atoms with Crippen LogP contribution in [0.5, 0.6) is 0 Å². The number of anilines is 2. The van der Waals surface area contributed by atoms with E-state index in [-0.39, 0.29) is 17.5 Å². The molecular weight excluding hydrogens is 410 g/mol. The summed E-state index contributed by atoms with van der Waals surface area (Å²) in [6.07, 6.45) is -2.55. The van der Waals surface area contributed by atoms with E-state index in [4.69, 9.17) is 10.5 Å². The highest BCUT2D eigenvalue weighted by Crippen LogP contribution is 2.32. The number of nitro groups is 1. The lowest BCUT2D eigenvalue weighted by Gasteiger charge is -2.16. The number of non-ortho nitro benzene ring substituents is 1. The van der Waals surface area contributed by atoms with Crippen molar-refractivity contribution in [3.63, 3.8) is 0 Å². The number of aromatic nitrogens is 4. The lowest BCUT2D eigenvalue weighted by molar-refractivity contribution is -0.384. The molecule has 1 aliphatic rings. The first kappa shape index (κ1) is 20.9. The summed E-state index contributed by atoms with van der Waals surface area (Å²) in [6.45, 7) is -0.0152. The molecule has 1 unspecified atom stereocenters. The number of hydrogen-bond acceptors (Lipinski definition) is 11. The van der Waals surface area contributed by atoms with Crippen LogP contribution in [0.1, 0.15) is 11.8 Å². The van der Waals surface area contributed by atoms with Gasteiger partial charge in [0.25, 0.3) is 5.69 Å². The minimum Gasteiger partial charge on any atom is -0.394 e. The largest absolute Gasteiger partial charge is 0.394 e. The molecule has 3 heterocycles. The molecule has 1 aromatic carbocycles. The van der Waals surface area contributed by atoms with E-state index in [1.165, 1.54) is 23.0 Å². The van der Waals surface area contributed by atoms with E-state index < -0.39 is 36.1 Å². The Morgan fingerprint density at radius 2 is 1.97 bits per heavy atom. The predicted molar refractivity (Wildman–Crippen MR) is 108 cm³/mol. The summed E-state index contributed by atoms with van der Waals surface area (Å²) in [7, 11) is 0. The van der Waals surface area contributed by atoms with Gasteiger partial charge in [0.05, 0.1) is 17.9 Å². The first-order chi connectivity index (χ1) is 14.9. The number of nitrogen functional groups attached to an aromatic ring is 1. The molecule has 6 N–H and O–H groups in total. The summed E-state index contributed by atoms with van der Waals surface area (Å²) >= 11 is 0. The van der Waals surface area contributed by atoms with Crippen molar-refractivity contribution in [1.29, 1.82) is 0 Å². The van der Waals surface area contributed by atoms with Crippen LogP contribution in [0.2, 0.25) is 0 Å². The normalized spacial score (nSPS) is 23.3. The van der Waals surface area contributed by atoms with Crippen LogP contribution in [0.25, 0.3) is 11.2 Å². The topological polar surface area (TPSA) is 195 Å². The molecular formula is C18H21N7O6. The number of nitrogens with one attached hydrogen (secondary N) is 1. The average molecular weight is 431 g/mol. The summed E-state index contributed by atoms with van der Waals surface area (Å²) < 4.78 is 6.97. The maximum absolute atomic E-state index is 10.7. The Morgan fingerprint density at radius 3 is 2.61 bits per heavy atom. The SMILES string of the molecule is Nc1nc(NCCc2ccc([N+](=O)[O-])cc2)nc2c1ncn2C1O[C@H](CO)[C@@H](O)[C@H]1O. The third-order valence-electron chi connectivity index (χ3n) is 5.08. The number of nitrogens with zero attached hydrogens (tertiary/aromatic N) is 5. The van der Waals surface area contributed by atoms with Crippen molar-refractivity contribution in [1.82, 2.24) is 19.5 Å². The minimum absolute atomic E-state index is 0.0244. The lowest BCUT2D eigenvalue weighted by Crippen LogP contribution is -2.33. The highest BCUT2D eigenvalue weighted by molar-refractivity contribution is 5.83. The third-order valence-corrected chi connectivity index (χ3v) is 5.08. The number of imidazole rings is 1. The summed E-state index contributed by atoms with van der Waals surface area (Å²) in [4.78, 5) is 23.0. The molecule has 0 bridgehead atoms. The molecule has 1 fully saturated rings. The molecule has 13 nitrogen and oxygen atoms in total. The van der Waals surface area contributed by atoms with Crippen molar-refractivity contribution in [3.8, 4) is 0 Å². The number of benzene rings is 1. The van der Waals surface area contributed by atoms with Crippen molar-refractivity contribution in [2.75, 3.05) is 24.2 Å². The summed E-state index contributed by atoms with van der Waals surface area (Å²) in [5.74, 6) is 0.341. The number of rotatable bonds is 7. The molecule has 4 atom stereocenters. The van der Waals surface area contributed by atoms with Gasteiger partial charge in [-0.05, 0) is 12.0 Å². The highest BCUT2D eigenvalue weighted by atomic mass is 16.6. The molecule has 0 amide bonds. The minimum atomic E-state index is -1.29. The van der Waals surface area contributed by atoms with Crippen LogP contribution < -0.4 is 11.1 Å². The standard InChI is InChI=1S/C18H21N7O6/c19-15-12-16(24(8-21-12)17-14(28)13(27)11(7-26)31-17)23-18(22-15)20-6-5-9-1-3-10(4-2-9)25(29)30/h1-4,8,11,13-14,17,26-28H,5-7H2,(H3,19,20,22,23)/t11-,13-,14-,17?/m1/s1. The molecule has 31 heavy (non-hydrogen) atoms. The third kappa shape index (κ3) is 3.98. The van der Waals surface area contributed by atoms with Crippen LogP contribution in [0, 0.1) is 10.1 Å². The fraction of sp³-hybridized carbons (Fsp3) is 0.389. The van der Waals surface area contributed by atoms with Gasteiger partial charge < -0.3 is 31.1 Å². The zero-order valence-electron chi connectivity index (χ0n) is 16.2. The molecule has 13 heteroatoms. The lowest BCUT2D eigenvalue weighted by atomic mass is 10.1. The molecule has 0 radical (unpaired) electrons. The maximum atomic E-state index is 10.7. The van der Waals surface area contributed by atoms with Crippen LogP contribution in [0.4, 0.5) is 17.5 Å². The molecule has 3 aromatic rings. The van der Waals surface area contributed by atoms with Crippen LogP contribution in [-0.2, 0) is 11.2 Å². The van der Waals surface area contributed by atoms with E-state index in [0.29, 0.717) is 24.1 Å². The Kier molecular flexibility index (Phi) is 5.65. The fourth-order valence-electron chi connectivity index (χ4n) is 3.42. The van der Waals surface area contributed by atoms with Crippen molar-refractivity contribution in [3.05, 3.63) is 46.3 Å². The Bertz CT molecular complexity index is 1090. The van der Waals surface area contributed by atoms with Gasteiger partial charge in [0.2, 0.25) is 5.95 Å². The van der Waals surface area contributed by atoms with Gasteiger partial charge in [-0.25, -0.2) is 4.98 Å². The maximum Gasteiger partial charge on any atom is 0.269 e. The van der Waals surface area contributed by atoms with Crippen LogP contribution in [0.15, 0.2) is 30.6 Å². The Balaban J connectivity index is 1.50. The fourth-order valence-corrected chi connectivity index (χ4v) is 3.42.